The number of amides is 2. The Labute approximate surface area is 162 Å². The lowest BCUT2D eigenvalue weighted by molar-refractivity contribution is 0.134. The van der Waals surface area contributed by atoms with Crippen LogP contribution in [0.1, 0.15) is 24.5 Å². The Kier molecular flexibility index (Phi) is 7.28. The van der Waals surface area contributed by atoms with Crippen LogP contribution >= 0.6 is 23.2 Å². The zero-order valence-electron chi connectivity index (χ0n) is 14.2. The van der Waals surface area contributed by atoms with Crippen molar-refractivity contribution in [1.29, 1.82) is 5.26 Å². The van der Waals surface area contributed by atoms with Crippen LogP contribution in [0.5, 0.6) is 0 Å². The van der Waals surface area contributed by atoms with Crippen molar-refractivity contribution in [1.82, 2.24) is 4.90 Å². The highest BCUT2D eigenvalue weighted by molar-refractivity contribution is 6.35. The molecule has 0 saturated heterocycles. The molecule has 2 rings (SSSR count). The molecule has 0 spiro atoms. The maximum atomic E-state index is 12.8. The molecule has 0 unspecified atom stereocenters. The fourth-order valence-electron chi connectivity index (χ4n) is 2.51. The number of anilines is 1. The summed E-state index contributed by atoms with van der Waals surface area (Å²) in [6, 6.07) is 13.0. The third-order valence-electron chi connectivity index (χ3n) is 3.98. The molecule has 0 fully saturated rings. The van der Waals surface area contributed by atoms with Crippen molar-refractivity contribution < 1.29 is 9.90 Å². The summed E-state index contributed by atoms with van der Waals surface area (Å²) in [6.07, 6.45) is 0.577. The molecule has 5 nitrogen and oxygen atoms in total. The van der Waals surface area contributed by atoms with E-state index in [1.54, 1.807) is 42.5 Å². The zero-order valence-corrected chi connectivity index (χ0v) is 15.8. The third kappa shape index (κ3) is 5.12. The Morgan fingerprint density at radius 3 is 2.69 bits per heavy atom. The molecule has 136 valence electrons. The van der Waals surface area contributed by atoms with Gasteiger partial charge in [0.15, 0.2) is 0 Å². The first-order valence-electron chi connectivity index (χ1n) is 8.11. The Bertz CT molecular complexity index is 817. The number of carbonyl (C=O) groups excluding carboxylic acids is 1. The lowest BCUT2D eigenvalue weighted by Gasteiger charge is -2.30. The van der Waals surface area contributed by atoms with E-state index in [2.05, 4.69) is 5.32 Å². The van der Waals surface area contributed by atoms with Crippen molar-refractivity contribution in [3.05, 3.63) is 63.6 Å². The number of hydrogen-bond acceptors (Lipinski definition) is 3. The Morgan fingerprint density at radius 2 is 2.08 bits per heavy atom. The number of urea groups is 1. The fourth-order valence-corrected chi connectivity index (χ4v) is 2.98. The topological polar surface area (TPSA) is 76.4 Å². The molecular formula is C19H19Cl2N3O2. The van der Waals surface area contributed by atoms with Gasteiger partial charge < -0.3 is 15.3 Å². The van der Waals surface area contributed by atoms with Gasteiger partial charge in [-0.05, 0) is 42.3 Å². The summed E-state index contributed by atoms with van der Waals surface area (Å²) in [7, 11) is 0. The van der Waals surface area contributed by atoms with Gasteiger partial charge >= 0.3 is 6.03 Å². The highest BCUT2D eigenvalue weighted by Crippen LogP contribution is 2.24. The van der Waals surface area contributed by atoms with Crippen LogP contribution in [0.3, 0.4) is 0 Å². The smallest absolute Gasteiger partial charge is 0.322 e. The van der Waals surface area contributed by atoms with Crippen LogP contribution in [-0.2, 0) is 6.54 Å². The first-order valence-corrected chi connectivity index (χ1v) is 8.86. The molecule has 1 atom stereocenters. The second-order valence-corrected chi connectivity index (χ2v) is 6.57. The first kappa shape index (κ1) is 20.1. The summed E-state index contributed by atoms with van der Waals surface area (Å²) in [6.45, 7) is 1.94. The normalized spacial score (nSPS) is 11.5. The molecular weight excluding hydrogens is 373 g/mol. The van der Waals surface area contributed by atoms with Gasteiger partial charge in [-0.25, -0.2) is 4.79 Å². The van der Waals surface area contributed by atoms with Crippen LogP contribution in [0, 0.1) is 11.3 Å². The number of hydrogen-bond donors (Lipinski definition) is 2. The van der Waals surface area contributed by atoms with Crippen LogP contribution in [0.25, 0.3) is 0 Å². The van der Waals surface area contributed by atoms with E-state index in [4.69, 9.17) is 28.5 Å². The SMILES string of the molecule is CC[C@@H](CO)N(Cc1ccc(Cl)cc1Cl)C(=O)Nc1cccc(C#N)c1. The van der Waals surface area contributed by atoms with Crippen molar-refractivity contribution in [2.45, 2.75) is 25.9 Å². The number of nitrogens with zero attached hydrogens (tertiary/aromatic N) is 2. The van der Waals surface area contributed by atoms with Gasteiger partial charge in [-0.1, -0.05) is 42.3 Å². The van der Waals surface area contributed by atoms with Crippen molar-refractivity contribution in [2.75, 3.05) is 11.9 Å². The largest absolute Gasteiger partial charge is 0.394 e. The summed E-state index contributed by atoms with van der Waals surface area (Å²) in [4.78, 5) is 14.3. The molecule has 0 aliphatic rings. The van der Waals surface area contributed by atoms with Crippen LogP contribution in [-0.4, -0.2) is 28.7 Å². The van der Waals surface area contributed by atoms with Crippen LogP contribution in [0.4, 0.5) is 10.5 Å². The lowest BCUT2D eigenvalue weighted by atomic mass is 10.1. The van der Waals surface area contributed by atoms with E-state index in [0.717, 1.165) is 5.56 Å². The molecule has 2 amide bonds. The van der Waals surface area contributed by atoms with Gasteiger partial charge in [0.05, 0.1) is 24.3 Å². The van der Waals surface area contributed by atoms with E-state index in [1.807, 2.05) is 13.0 Å². The van der Waals surface area contributed by atoms with Crippen molar-refractivity contribution in [2.24, 2.45) is 0 Å². The van der Waals surface area contributed by atoms with Gasteiger partial charge in [0.1, 0.15) is 0 Å². The maximum absolute atomic E-state index is 12.8. The predicted molar refractivity (Wildman–Crippen MR) is 103 cm³/mol. The molecule has 7 heteroatoms. The number of rotatable bonds is 6. The van der Waals surface area contributed by atoms with Gasteiger partial charge in [-0.3, -0.25) is 0 Å². The minimum absolute atomic E-state index is 0.173. The minimum Gasteiger partial charge on any atom is -0.394 e. The first-order chi connectivity index (χ1) is 12.5. The van der Waals surface area contributed by atoms with Gasteiger partial charge in [0.25, 0.3) is 0 Å². The predicted octanol–water partition coefficient (Wildman–Crippen LogP) is 4.67. The number of carbonyl (C=O) groups is 1. The summed E-state index contributed by atoms with van der Waals surface area (Å²) < 4.78 is 0. The number of nitriles is 1. The number of aliphatic hydroxyl groups excluding tert-OH is 1. The third-order valence-corrected chi connectivity index (χ3v) is 4.57. The van der Waals surface area contributed by atoms with E-state index < -0.39 is 0 Å². The zero-order chi connectivity index (χ0) is 19.1. The Balaban J connectivity index is 2.25. The van der Waals surface area contributed by atoms with Gasteiger partial charge in [0, 0.05) is 22.3 Å². The standard InChI is InChI=1S/C19H19Cl2N3O2/c1-2-17(12-25)24(11-14-6-7-15(20)9-18(14)21)19(26)23-16-5-3-4-13(8-16)10-22/h3-9,17,25H,2,11-12H2,1H3,(H,23,26)/t17-/m0/s1. The molecule has 2 aromatic rings. The molecule has 0 aliphatic heterocycles. The van der Waals surface area contributed by atoms with Crippen LogP contribution < -0.4 is 5.32 Å². The van der Waals surface area contributed by atoms with Gasteiger partial charge in [-0.15, -0.1) is 0 Å². The van der Waals surface area contributed by atoms with E-state index >= 15 is 0 Å². The molecule has 0 aliphatic carbocycles. The summed E-state index contributed by atoms with van der Waals surface area (Å²) >= 11 is 12.2. The molecule has 2 aromatic carbocycles. The van der Waals surface area contributed by atoms with Crippen molar-refractivity contribution >= 4 is 34.9 Å². The molecule has 0 radical (unpaired) electrons. The monoisotopic (exact) mass is 391 g/mol. The molecule has 0 aromatic heterocycles. The van der Waals surface area contributed by atoms with Gasteiger partial charge in [-0.2, -0.15) is 5.26 Å². The van der Waals surface area contributed by atoms with Crippen molar-refractivity contribution in [3.8, 4) is 6.07 Å². The highest BCUT2D eigenvalue weighted by atomic mass is 35.5. The summed E-state index contributed by atoms with van der Waals surface area (Å²) in [5.41, 5.74) is 1.68. The van der Waals surface area contributed by atoms with E-state index in [1.165, 1.54) is 4.90 Å². The second kappa shape index (κ2) is 9.44. The molecule has 0 bridgehead atoms. The summed E-state index contributed by atoms with van der Waals surface area (Å²) in [5, 5.41) is 22.4. The Morgan fingerprint density at radius 1 is 1.31 bits per heavy atom. The molecule has 0 heterocycles. The fraction of sp³-hybridized carbons (Fsp3) is 0.263. The quantitative estimate of drug-likeness (QED) is 0.750. The maximum Gasteiger partial charge on any atom is 0.322 e. The van der Waals surface area contributed by atoms with Crippen LogP contribution in [0.15, 0.2) is 42.5 Å². The minimum atomic E-state index is -0.382. The van der Waals surface area contributed by atoms with E-state index in [0.29, 0.717) is 27.7 Å². The summed E-state index contributed by atoms with van der Waals surface area (Å²) in [5.74, 6) is 0. The van der Waals surface area contributed by atoms with E-state index in [9.17, 15) is 9.90 Å². The number of benzene rings is 2. The van der Waals surface area contributed by atoms with E-state index in [-0.39, 0.29) is 25.2 Å². The van der Waals surface area contributed by atoms with Gasteiger partial charge in [0.2, 0.25) is 0 Å². The lowest BCUT2D eigenvalue weighted by Crippen LogP contribution is -2.44. The molecule has 26 heavy (non-hydrogen) atoms. The molecule has 0 saturated carbocycles. The van der Waals surface area contributed by atoms with Crippen molar-refractivity contribution in [3.63, 3.8) is 0 Å². The average Bonchev–Trinajstić information content (AvgIpc) is 2.63. The highest BCUT2D eigenvalue weighted by Gasteiger charge is 2.23. The average molecular weight is 392 g/mol. The molecule has 2 N–H and O–H groups in total. The second-order valence-electron chi connectivity index (χ2n) is 5.73. The number of halogens is 2. The van der Waals surface area contributed by atoms with Crippen LogP contribution in [0.2, 0.25) is 10.0 Å². The number of aliphatic hydroxyl groups is 1. The Hall–Kier alpha value is -2.26. The number of nitrogens with one attached hydrogen (secondary N) is 1.